The Morgan fingerprint density at radius 2 is 1.90 bits per heavy atom. The van der Waals surface area contributed by atoms with E-state index in [1.807, 2.05) is 25.1 Å². The van der Waals surface area contributed by atoms with E-state index >= 15 is 0 Å². The Morgan fingerprint density at radius 1 is 1.14 bits per heavy atom. The summed E-state index contributed by atoms with van der Waals surface area (Å²) in [6.45, 7) is 11.0. The molecule has 0 spiro atoms. The number of hydrogen-bond donors (Lipinski definition) is 2. The van der Waals surface area contributed by atoms with Gasteiger partial charge in [-0.15, -0.1) is 0 Å². The van der Waals surface area contributed by atoms with Crippen LogP contribution in [0.2, 0.25) is 0 Å². The summed E-state index contributed by atoms with van der Waals surface area (Å²) in [4.78, 5) is 16.4. The van der Waals surface area contributed by atoms with Crippen molar-refractivity contribution in [2.45, 2.75) is 26.8 Å². The van der Waals surface area contributed by atoms with E-state index in [2.05, 4.69) is 42.3 Å². The van der Waals surface area contributed by atoms with Crippen molar-refractivity contribution < 1.29 is 19.2 Å². The van der Waals surface area contributed by atoms with E-state index in [0.717, 1.165) is 43.2 Å². The molecule has 6 heteroatoms. The minimum Gasteiger partial charge on any atom is -0.454 e. The van der Waals surface area contributed by atoms with Gasteiger partial charge < -0.3 is 24.6 Å². The summed E-state index contributed by atoms with van der Waals surface area (Å²) < 4.78 is 10.8. The van der Waals surface area contributed by atoms with Gasteiger partial charge in [0, 0.05) is 5.69 Å². The van der Waals surface area contributed by atoms with Crippen LogP contribution in [0.3, 0.4) is 0 Å². The number of benzene rings is 2. The van der Waals surface area contributed by atoms with Crippen molar-refractivity contribution in [2.24, 2.45) is 0 Å². The summed E-state index contributed by atoms with van der Waals surface area (Å²) >= 11 is 0. The fraction of sp³-hybridized carbons (Fsp3) is 0.435. The predicted octanol–water partition coefficient (Wildman–Crippen LogP) is 1.61. The van der Waals surface area contributed by atoms with Crippen LogP contribution in [-0.2, 0) is 4.79 Å². The molecule has 0 bridgehead atoms. The molecule has 4 rings (SSSR count). The predicted molar refractivity (Wildman–Crippen MR) is 113 cm³/mol. The first-order valence-corrected chi connectivity index (χ1v) is 10.3. The van der Waals surface area contributed by atoms with Gasteiger partial charge in [0.1, 0.15) is 0 Å². The van der Waals surface area contributed by atoms with Crippen molar-refractivity contribution in [3.8, 4) is 11.5 Å². The van der Waals surface area contributed by atoms with Crippen LogP contribution in [0.15, 0.2) is 36.4 Å². The molecule has 1 amide bonds. The molecular weight excluding hydrogens is 366 g/mol. The number of fused-ring (bicyclic) bond motifs is 1. The van der Waals surface area contributed by atoms with Gasteiger partial charge in [-0.2, -0.15) is 0 Å². The molecule has 2 aliphatic heterocycles. The van der Waals surface area contributed by atoms with Gasteiger partial charge in [-0.25, -0.2) is 0 Å². The third-order valence-electron chi connectivity index (χ3n) is 6.07. The van der Waals surface area contributed by atoms with Crippen LogP contribution in [0.1, 0.15) is 29.7 Å². The Hall–Kier alpha value is -2.73. The molecule has 0 radical (unpaired) electrons. The first kappa shape index (κ1) is 19.6. The second-order valence-electron chi connectivity index (χ2n) is 8.03. The average Bonchev–Trinajstić information content (AvgIpc) is 3.18. The Labute approximate surface area is 172 Å². The summed E-state index contributed by atoms with van der Waals surface area (Å²) in [6.07, 6.45) is 0. The lowest BCUT2D eigenvalue weighted by Crippen LogP contribution is -3.16. The number of anilines is 1. The maximum Gasteiger partial charge on any atom is 0.275 e. The van der Waals surface area contributed by atoms with Crippen molar-refractivity contribution >= 4 is 11.6 Å². The average molecular weight is 397 g/mol. The van der Waals surface area contributed by atoms with E-state index < -0.39 is 0 Å². The number of carbonyl (C=O) groups excluding carboxylic acids is 1. The van der Waals surface area contributed by atoms with Gasteiger partial charge in [-0.05, 0) is 55.7 Å². The van der Waals surface area contributed by atoms with Crippen LogP contribution < -0.4 is 24.6 Å². The summed E-state index contributed by atoms with van der Waals surface area (Å²) in [7, 11) is 0. The Balaban J connectivity index is 1.28. The number of piperazine rings is 1. The number of hydrogen-bond acceptors (Lipinski definition) is 4. The minimum atomic E-state index is -0.0624. The van der Waals surface area contributed by atoms with E-state index in [1.54, 1.807) is 0 Å². The summed E-state index contributed by atoms with van der Waals surface area (Å²) in [5.41, 5.74) is 5.03. The highest BCUT2D eigenvalue weighted by atomic mass is 16.7. The molecule has 2 aromatic carbocycles. The standard InChI is InChI=1S/C23H29N3O3/c1-16-5-4-6-20(17(16)2)26-11-9-25(10-12-26)14-23(27)24-18(3)19-7-8-21-22(13-19)29-15-28-21/h4-8,13,18H,9-12,14-15H2,1-3H3,(H,24,27)/p+1/t18-/m1/s1. The third-order valence-corrected chi connectivity index (χ3v) is 6.07. The van der Waals surface area contributed by atoms with Crippen molar-refractivity contribution in [2.75, 3.05) is 44.4 Å². The lowest BCUT2D eigenvalue weighted by Gasteiger charge is -2.34. The summed E-state index contributed by atoms with van der Waals surface area (Å²) in [6, 6.07) is 12.3. The number of nitrogens with zero attached hydrogens (tertiary/aromatic N) is 1. The van der Waals surface area contributed by atoms with Crippen LogP contribution in [0.25, 0.3) is 0 Å². The molecule has 154 valence electrons. The Morgan fingerprint density at radius 3 is 2.69 bits per heavy atom. The zero-order valence-electron chi connectivity index (χ0n) is 17.5. The molecular formula is C23H30N3O3+. The molecule has 2 aromatic rings. The van der Waals surface area contributed by atoms with Crippen LogP contribution >= 0.6 is 0 Å². The van der Waals surface area contributed by atoms with E-state index in [9.17, 15) is 4.79 Å². The van der Waals surface area contributed by atoms with Crippen LogP contribution in [0.5, 0.6) is 11.5 Å². The highest BCUT2D eigenvalue weighted by Crippen LogP contribution is 2.34. The third kappa shape index (κ3) is 4.32. The number of aryl methyl sites for hydroxylation is 1. The topological polar surface area (TPSA) is 55.2 Å². The zero-order chi connectivity index (χ0) is 20.4. The van der Waals surface area contributed by atoms with Crippen molar-refractivity contribution in [3.63, 3.8) is 0 Å². The molecule has 1 saturated heterocycles. The minimum absolute atomic E-state index is 0.0624. The molecule has 2 aliphatic rings. The molecule has 0 aromatic heterocycles. The SMILES string of the molecule is Cc1cccc(N2CC[NH+](CC(=O)N[C@H](C)c3ccc4c(c3)OCO4)CC2)c1C. The lowest BCUT2D eigenvalue weighted by molar-refractivity contribution is -0.892. The number of carbonyl (C=O) groups is 1. The first-order chi connectivity index (χ1) is 14.0. The smallest absolute Gasteiger partial charge is 0.275 e. The molecule has 2 N–H and O–H groups in total. The molecule has 2 heterocycles. The van der Waals surface area contributed by atoms with Gasteiger partial charge in [-0.3, -0.25) is 4.79 Å². The molecule has 0 saturated carbocycles. The zero-order valence-corrected chi connectivity index (χ0v) is 17.5. The van der Waals surface area contributed by atoms with E-state index in [1.165, 1.54) is 21.7 Å². The molecule has 29 heavy (non-hydrogen) atoms. The van der Waals surface area contributed by atoms with Gasteiger partial charge in [-0.1, -0.05) is 18.2 Å². The van der Waals surface area contributed by atoms with Crippen LogP contribution in [0.4, 0.5) is 5.69 Å². The summed E-state index contributed by atoms with van der Waals surface area (Å²) in [5, 5.41) is 3.12. The summed E-state index contributed by atoms with van der Waals surface area (Å²) in [5.74, 6) is 1.60. The lowest BCUT2D eigenvalue weighted by atomic mass is 10.1. The highest BCUT2D eigenvalue weighted by molar-refractivity contribution is 5.77. The molecule has 6 nitrogen and oxygen atoms in total. The van der Waals surface area contributed by atoms with Crippen molar-refractivity contribution in [1.29, 1.82) is 0 Å². The highest BCUT2D eigenvalue weighted by Gasteiger charge is 2.24. The normalized spacial score (nSPS) is 17.3. The van der Waals surface area contributed by atoms with Gasteiger partial charge in [0.05, 0.1) is 32.2 Å². The number of amides is 1. The number of quaternary nitrogens is 1. The van der Waals surface area contributed by atoms with E-state index in [0.29, 0.717) is 6.54 Å². The first-order valence-electron chi connectivity index (χ1n) is 10.3. The Bertz CT molecular complexity index is 891. The van der Waals surface area contributed by atoms with Crippen LogP contribution in [-0.4, -0.2) is 45.4 Å². The van der Waals surface area contributed by atoms with Gasteiger partial charge in [0.15, 0.2) is 18.0 Å². The monoisotopic (exact) mass is 396 g/mol. The molecule has 0 unspecified atom stereocenters. The fourth-order valence-corrected chi connectivity index (χ4v) is 4.10. The maximum atomic E-state index is 12.6. The van der Waals surface area contributed by atoms with Gasteiger partial charge in [0.2, 0.25) is 6.79 Å². The molecule has 0 aliphatic carbocycles. The Kier molecular flexibility index (Phi) is 5.62. The second-order valence-corrected chi connectivity index (χ2v) is 8.03. The van der Waals surface area contributed by atoms with Crippen molar-refractivity contribution in [1.82, 2.24) is 5.32 Å². The van der Waals surface area contributed by atoms with Gasteiger partial charge >= 0.3 is 0 Å². The van der Waals surface area contributed by atoms with Crippen LogP contribution in [0, 0.1) is 13.8 Å². The van der Waals surface area contributed by atoms with E-state index in [-0.39, 0.29) is 18.7 Å². The molecule has 1 atom stereocenters. The maximum absolute atomic E-state index is 12.6. The number of ether oxygens (including phenoxy) is 2. The quantitative estimate of drug-likeness (QED) is 0.807. The fourth-order valence-electron chi connectivity index (χ4n) is 4.10. The molecule has 1 fully saturated rings. The number of rotatable bonds is 5. The number of nitrogens with one attached hydrogen (secondary N) is 2. The second kappa shape index (κ2) is 8.33. The van der Waals surface area contributed by atoms with E-state index in [4.69, 9.17) is 9.47 Å². The van der Waals surface area contributed by atoms with Crippen molar-refractivity contribution in [3.05, 3.63) is 53.1 Å². The largest absolute Gasteiger partial charge is 0.454 e. The van der Waals surface area contributed by atoms with Gasteiger partial charge in [0.25, 0.3) is 5.91 Å².